The van der Waals surface area contributed by atoms with E-state index >= 15 is 0 Å². The van der Waals surface area contributed by atoms with Crippen LogP contribution in [-0.4, -0.2) is 38.1 Å². The molecule has 0 aromatic heterocycles. The fourth-order valence-corrected chi connectivity index (χ4v) is 1.75. The fraction of sp³-hybridized carbons (Fsp3) is 1.00. The highest BCUT2D eigenvalue weighted by Crippen LogP contribution is 2.14. The molecule has 0 atom stereocenters. The van der Waals surface area contributed by atoms with Crippen LogP contribution in [0.5, 0.6) is 0 Å². The van der Waals surface area contributed by atoms with Crippen molar-refractivity contribution in [3.8, 4) is 0 Å². The van der Waals surface area contributed by atoms with Crippen LogP contribution in [0, 0.1) is 5.92 Å². The van der Waals surface area contributed by atoms with E-state index in [0.29, 0.717) is 0 Å². The summed E-state index contributed by atoms with van der Waals surface area (Å²) in [7, 11) is 2.22. The van der Waals surface area contributed by atoms with Gasteiger partial charge in [0.2, 0.25) is 0 Å². The highest BCUT2D eigenvalue weighted by molar-refractivity contribution is 4.71. The Morgan fingerprint density at radius 1 is 1.33 bits per heavy atom. The lowest BCUT2D eigenvalue weighted by atomic mass is 9.97. The van der Waals surface area contributed by atoms with E-state index in [0.717, 1.165) is 5.92 Å². The van der Waals surface area contributed by atoms with E-state index in [9.17, 15) is 0 Å². The van der Waals surface area contributed by atoms with Gasteiger partial charge in [-0.05, 0) is 58.4 Å². The molecule has 1 aliphatic heterocycles. The number of nitrogens with one attached hydrogen (secondary N) is 1. The molecule has 0 aromatic rings. The summed E-state index contributed by atoms with van der Waals surface area (Å²) in [6, 6.07) is 0. The molecule has 1 saturated heterocycles. The van der Waals surface area contributed by atoms with Crippen LogP contribution in [0.25, 0.3) is 0 Å². The van der Waals surface area contributed by atoms with Crippen molar-refractivity contribution < 1.29 is 0 Å². The zero-order chi connectivity index (χ0) is 8.81. The van der Waals surface area contributed by atoms with Gasteiger partial charge in [-0.3, -0.25) is 0 Å². The van der Waals surface area contributed by atoms with Crippen molar-refractivity contribution in [1.82, 2.24) is 10.2 Å². The molecule has 12 heavy (non-hydrogen) atoms. The molecule has 0 unspecified atom stereocenters. The van der Waals surface area contributed by atoms with Crippen LogP contribution in [0.2, 0.25) is 0 Å². The first kappa shape index (κ1) is 10.0. The first-order valence-electron chi connectivity index (χ1n) is 5.22. The van der Waals surface area contributed by atoms with Crippen molar-refractivity contribution in [1.29, 1.82) is 0 Å². The molecule has 1 rings (SSSR count). The van der Waals surface area contributed by atoms with Crippen LogP contribution in [0.1, 0.15) is 26.2 Å². The molecule has 0 amide bonds. The monoisotopic (exact) mass is 170 g/mol. The molecule has 1 aliphatic rings. The summed E-state index contributed by atoms with van der Waals surface area (Å²) in [6.07, 6.45) is 4.02. The van der Waals surface area contributed by atoms with Crippen LogP contribution in [0.15, 0.2) is 0 Å². The Bertz CT molecular complexity index is 106. The summed E-state index contributed by atoms with van der Waals surface area (Å²) < 4.78 is 0. The summed E-state index contributed by atoms with van der Waals surface area (Å²) in [6.45, 7) is 7.23. The van der Waals surface area contributed by atoms with Gasteiger partial charge in [0.1, 0.15) is 0 Å². The van der Waals surface area contributed by atoms with Crippen molar-refractivity contribution in [2.24, 2.45) is 5.92 Å². The van der Waals surface area contributed by atoms with Gasteiger partial charge in [-0.25, -0.2) is 0 Å². The molecular weight excluding hydrogens is 148 g/mol. The summed E-state index contributed by atoms with van der Waals surface area (Å²) in [4.78, 5) is 2.43. The minimum Gasteiger partial charge on any atom is -0.316 e. The minimum absolute atomic E-state index is 0.938. The standard InChI is InChI=1S/C10H22N2/c1-3-6-11-9-10-4-7-12(2)8-5-10/h10-11H,3-9H2,1-2H3. The molecule has 0 radical (unpaired) electrons. The second-order valence-electron chi connectivity index (χ2n) is 3.95. The van der Waals surface area contributed by atoms with Gasteiger partial charge in [0.05, 0.1) is 0 Å². The lowest BCUT2D eigenvalue weighted by molar-refractivity contribution is 0.216. The molecule has 0 saturated carbocycles. The second-order valence-corrected chi connectivity index (χ2v) is 3.95. The zero-order valence-electron chi connectivity index (χ0n) is 8.47. The Hall–Kier alpha value is -0.0800. The molecule has 2 nitrogen and oxygen atoms in total. The number of likely N-dealkylation sites (tertiary alicyclic amines) is 1. The number of piperidine rings is 1. The Labute approximate surface area is 76.3 Å². The van der Waals surface area contributed by atoms with Gasteiger partial charge >= 0.3 is 0 Å². The first-order valence-corrected chi connectivity index (χ1v) is 5.22. The molecule has 0 aromatic carbocycles. The largest absolute Gasteiger partial charge is 0.316 e. The summed E-state index contributed by atoms with van der Waals surface area (Å²) in [5.74, 6) is 0.938. The lowest BCUT2D eigenvalue weighted by Crippen LogP contribution is -2.35. The molecule has 0 spiro atoms. The van der Waals surface area contributed by atoms with Gasteiger partial charge in [-0.2, -0.15) is 0 Å². The summed E-state index contributed by atoms with van der Waals surface area (Å²) in [5.41, 5.74) is 0. The maximum atomic E-state index is 3.50. The number of rotatable bonds is 4. The van der Waals surface area contributed by atoms with E-state index in [1.807, 2.05) is 0 Å². The van der Waals surface area contributed by atoms with Gasteiger partial charge in [-0.1, -0.05) is 6.92 Å². The lowest BCUT2D eigenvalue weighted by Gasteiger charge is -2.28. The molecule has 0 aliphatic carbocycles. The molecule has 72 valence electrons. The van der Waals surface area contributed by atoms with Gasteiger partial charge in [0.25, 0.3) is 0 Å². The third-order valence-corrected chi connectivity index (χ3v) is 2.70. The molecule has 0 bridgehead atoms. The Balaban J connectivity index is 2.01. The van der Waals surface area contributed by atoms with Gasteiger partial charge in [0.15, 0.2) is 0 Å². The topological polar surface area (TPSA) is 15.3 Å². The molecule has 1 N–H and O–H groups in total. The zero-order valence-corrected chi connectivity index (χ0v) is 8.47. The van der Waals surface area contributed by atoms with E-state index in [4.69, 9.17) is 0 Å². The van der Waals surface area contributed by atoms with Crippen LogP contribution in [0.4, 0.5) is 0 Å². The maximum Gasteiger partial charge on any atom is -0.00187 e. The van der Waals surface area contributed by atoms with E-state index in [2.05, 4.69) is 24.2 Å². The predicted octanol–water partition coefficient (Wildman–Crippen LogP) is 1.33. The van der Waals surface area contributed by atoms with Crippen molar-refractivity contribution in [3.63, 3.8) is 0 Å². The fourth-order valence-electron chi connectivity index (χ4n) is 1.75. The van der Waals surface area contributed by atoms with Crippen LogP contribution < -0.4 is 5.32 Å². The van der Waals surface area contributed by atoms with Crippen molar-refractivity contribution in [2.45, 2.75) is 26.2 Å². The number of nitrogens with zero attached hydrogens (tertiary/aromatic N) is 1. The Morgan fingerprint density at radius 3 is 2.58 bits per heavy atom. The van der Waals surface area contributed by atoms with Crippen LogP contribution in [-0.2, 0) is 0 Å². The average Bonchev–Trinajstić information content (AvgIpc) is 2.09. The number of hydrogen-bond donors (Lipinski definition) is 1. The third kappa shape index (κ3) is 3.55. The minimum atomic E-state index is 0.938. The van der Waals surface area contributed by atoms with E-state index in [-0.39, 0.29) is 0 Å². The van der Waals surface area contributed by atoms with Crippen LogP contribution >= 0.6 is 0 Å². The van der Waals surface area contributed by atoms with Crippen molar-refractivity contribution in [2.75, 3.05) is 33.2 Å². The first-order chi connectivity index (χ1) is 5.83. The molecule has 1 heterocycles. The smallest absolute Gasteiger partial charge is 0.00187 e. The molecule has 2 heteroatoms. The van der Waals surface area contributed by atoms with E-state index in [1.54, 1.807) is 0 Å². The van der Waals surface area contributed by atoms with Gasteiger partial charge in [0, 0.05) is 0 Å². The van der Waals surface area contributed by atoms with E-state index in [1.165, 1.54) is 45.4 Å². The normalized spacial score (nSPS) is 21.5. The molecular formula is C10H22N2. The average molecular weight is 170 g/mol. The summed E-state index contributed by atoms with van der Waals surface area (Å²) in [5, 5.41) is 3.50. The van der Waals surface area contributed by atoms with Crippen molar-refractivity contribution in [3.05, 3.63) is 0 Å². The Morgan fingerprint density at radius 2 is 2.00 bits per heavy atom. The highest BCUT2D eigenvalue weighted by atomic mass is 15.1. The molecule has 1 fully saturated rings. The van der Waals surface area contributed by atoms with Crippen molar-refractivity contribution >= 4 is 0 Å². The SMILES string of the molecule is CCCNCC1CCN(C)CC1. The quantitative estimate of drug-likeness (QED) is 0.640. The van der Waals surface area contributed by atoms with Gasteiger partial charge < -0.3 is 10.2 Å². The number of hydrogen-bond acceptors (Lipinski definition) is 2. The van der Waals surface area contributed by atoms with Crippen LogP contribution in [0.3, 0.4) is 0 Å². The second kappa shape index (κ2) is 5.55. The van der Waals surface area contributed by atoms with E-state index < -0.39 is 0 Å². The summed E-state index contributed by atoms with van der Waals surface area (Å²) >= 11 is 0. The third-order valence-electron chi connectivity index (χ3n) is 2.70. The van der Waals surface area contributed by atoms with Gasteiger partial charge in [-0.15, -0.1) is 0 Å². The maximum absolute atomic E-state index is 3.50. The predicted molar refractivity (Wildman–Crippen MR) is 53.4 cm³/mol. The highest BCUT2D eigenvalue weighted by Gasteiger charge is 2.15. The Kier molecular flexibility index (Phi) is 4.62.